The van der Waals surface area contributed by atoms with Crippen molar-refractivity contribution in [1.82, 2.24) is 9.80 Å². The molecule has 2 aromatic carbocycles. The van der Waals surface area contributed by atoms with E-state index < -0.39 is 0 Å². The molecule has 1 heterocycles. The van der Waals surface area contributed by atoms with Gasteiger partial charge >= 0.3 is 6.09 Å². The van der Waals surface area contributed by atoms with Crippen molar-refractivity contribution in [1.29, 1.82) is 0 Å². The zero-order valence-electron chi connectivity index (χ0n) is 14.8. The lowest BCUT2D eigenvalue weighted by molar-refractivity contribution is -0.132. The lowest BCUT2D eigenvalue weighted by Crippen LogP contribution is -2.51. The van der Waals surface area contributed by atoms with Crippen LogP contribution in [0.2, 0.25) is 0 Å². The first kappa shape index (κ1) is 17.8. The number of amides is 2. The lowest BCUT2D eigenvalue weighted by Gasteiger charge is -2.34. The topological polar surface area (TPSA) is 59.1 Å². The molecule has 0 unspecified atom stereocenters. The summed E-state index contributed by atoms with van der Waals surface area (Å²) in [5.41, 5.74) is 0.946. The number of carbonyl (C=O) groups excluding carboxylic acids is 2. The Morgan fingerprint density at radius 1 is 0.846 bits per heavy atom. The molecule has 1 aliphatic heterocycles. The van der Waals surface area contributed by atoms with Crippen LogP contribution >= 0.6 is 0 Å². The first-order valence-electron chi connectivity index (χ1n) is 8.58. The van der Waals surface area contributed by atoms with Gasteiger partial charge in [-0.05, 0) is 29.8 Å². The highest BCUT2D eigenvalue weighted by Crippen LogP contribution is 2.14. The van der Waals surface area contributed by atoms with E-state index in [4.69, 9.17) is 9.47 Å². The van der Waals surface area contributed by atoms with Crippen LogP contribution in [0.4, 0.5) is 4.79 Å². The zero-order chi connectivity index (χ0) is 18.4. The third-order valence-electron chi connectivity index (χ3n) is 4.35. The van der Waals surface area contributed by atoms with Gasteiger partial charge in [0, 0.05) is 26.2 Å². The number of hydrogen-bond acceptors (Lipinski definition) is 4. The average Bonchev–Trinajstić information content (AvgIpc) is 2.69. The molecule has 6 nitrogen and oxygen atoms in total. The van der Waals surface area contributed by atoms with Crippen LogP contribution in [0.3, 0.4) is 0 Å². The van der Waals surface area contributed by atoms with Crippen LogP contribution in [0, 0.1) is 0 Å². The largest absolute Gasteiger partial charge is 0.497 e. The van der Waals surface area contributed by atoms with Crippen LogP contribution in [0.1, 0.15) is 5.56 Å². The van der Waals surface area contributed by atoms with Gasteiger partial charge in [0.05, 0.1) is 13.5 Å². The Kier molecular flexibility index (Phi) is 5.73. The smallest absolute Gasteiger partial charge is 0.415 e. The Bertz CT molecular complexity index is 738. The van der Waals surface area contributed by atoms with Gasteiger partial charge < -0.3 is 19.3 Å². The van der Waals surface area contributed by atoms with Gasteiger partial charge in [0.15, 0.2) is 0 Å². The van der Waals surface area contributed by atoms with E-state index in [9.17, 15) is 9.59 Å². The molecular weight excluding hydrogens is 332 g/mol. The fourth-order valence-electron chi connectivity index (χ4n) is 2.82. The second kappa shape index (κ2) is 8.38. The Balaban J connectivity index is 1.48. The molecule has 0 N–H and O–H groups in total. The molecule has 3 rings (SSSR count). The van der Waals surface area contributed by atoms with E-state index in [0.717, 1.165) is 11.3 Å². The van der Waals surface area contributed by atoms with Crippen molar-refractivity contribution in [3.8, 4) is 11.5 Å². The summed E-state index contributed by atoms with van der Waals surface area (Å²) in [6, 6.07) is 16.5. The fraction of sp³-hybridized carbons (Fsp3) is 0.300. The molecule has 0 radical (unpaired) electrons. The third kappa shape index (κ3) is 4.53. The van der Waals surface area contributed by atoms with Gasteiger partial charge in [-0.15, -0.1) is 0 Å². The minimum absolute atomic E-state index is 0.0613. The molecular formula is C20H22N2O4. The summed E-state index contributed by atoms with van der Waals surface area (Å²) in [4.78, 5) is 28.1. The maximum Gasteiger partial charge on any atom is 0.415 e. The van der Waals surface area contributed by atoms with Gasteiger partial charge in [-0.3, -0.25) is 4.79 Å². The lowest BCUT2D eigenvalue weighted by atomic mass is 10.1. The summed E-state index contributed by atoms with van der Waals surface area (Å²) in [5, 5.41) is 0. The Labute approximate surface area is 152 Å². The molecule has 1 aliphatic rings. The van der Waals surface area contributed by atoms with Crippen molar-refractivity contribution in [3.05, 3.63) is 60.2 Å². The zero-order valence-corrected chi connectivity index (χ0v) is 14.8. The highest BCUT2D eigenvalue weighted by Gasteiger charge is 2.25. The molecule has 0 spiro atoms. The Hall–Kier alpha value is -3.02. The molecule has 0 aliphatic carbocycles. The molecule has 1 saturated heterocycles. The molecule has 2 aromatic rings. The second-order valence-corrected chi connectivity index (χ2v) is 6.07. The van der Waals surface area contributed by atoms with Crippen LogP contribution in [-0.2, 0) is 11.2 Å². The number of piperazine rings is 1. The second-order valence-electron chi connectivity index (χ2n) is 6.07. The van der Waals surface area contributed by atoms with Gasteiger partial charge in [-0.1, -0.05) is 30.3 Å². The first-order chi connectivity index (χ1) is 12.7. The molecule has 0 bridgehead atoms. The van der Waals surface area contributed by atoms with Gasteiger partial charge in [0.1, 0.15) is 11.5 Å². The van der Waals surface area contributed by atoms with E-state index in [-0.39, 0.29) is 12.0 Å². The molecule has 2 amide bonds. The van der Waals surface area contributed by atoms with Crippen LogP contribution in [0.25, 0.3) is 0 Å². The van der Waals surface area contributed by atoms with Gasteiger partial charge in [-0.2, -0.15) is 0 Å². The molecule has 136 valence electrons. The van der Waals surface area contributed by atoms with E-state index in [2.05, 4.69) is 0 Å². The van der Waals surface area contributed by atoms with E-state index in [0.29, 0.717) is 38.3 Å². The molecule has 0 aromatic heterocycles. The minimum Gasteiger partial charge on any atom is -0.497 e. The number of nitrogens with zero attached hydrogens (tertiary/aromatic N) is 2. The number of ether oxygens (including phenoxy) is 2. The van der Waals surface area contributed by atoms with Crippen LogP contribution in [0.15, 0.2) is 54.6 Å². The summed E-state index contributed by atoms with van der Waals surface area (Å²) in [5.74, 6) is 1.36. The summed E-state index contributed by atoms with van der Waals surface area (Å²) in [7, 11) is 1.61. The fourth-order valence-corrected chi connectivity index (χ4v) is 2.82. The quantitative estimate of drug-likeness (QED) is 0.847. The van der Waals surface area contributed by atoms with Crippen molar-refractivity contribution in [2.75, 3.05) is 33.3 Å². The number of para-hydroxylation sites is 1. The summed E-state index contributed by atoms with van der Waals surface area (Å²) in [6.07, 6.45) is -0.0307. The normalized spacial score (nSPS) is 14.0. The predicted octanol–water partition coefficient (Wildman–Crippen LogP) is 2.58. The number of benzene rings is 2. The van der Waals surface area contributed by atoms with Crippen molar-refractivity contribution in [2.45, 2.75) is 6.42 Å². The molecule has 0 saturated carbocycles. The maximum atomic E-state index is 12.4. The third-order valence-corrected chi connectivity index (χ3v) is 4.35. The standard InChI is InChI=1S/C20H22N2O4/c1-25-17-9-7-16(8-10-17)15-19(23)21-11-13-22(14-12-21)20(24)26-18-5-3-2-4-6-18/h2-10H,11-15H2,1H3. The monoisotopic (exact) mass is 354 g/mol. The van der Waals surface area contributed by atoms with E-state index >= 15 is 0 Å². The van der Waals surface area contributed by atoms with Crippen molar-refractivity contribution >= 4 is 12.0 Å². The first-order valence-corrected chi connectivity index (χ1v) is 8.58. The SMILES string of the molecule is COc1ccc(CC(=O)N2CCN(C(=O)Oc3ccccc3)CC2)cc1. The average molecular weight is 354 g/mol. The molecule has 6 heteroatoms. The van der Waals surface area contributed by atoms with Gasteiger partial charge in [-0.25, -0.2) is 4.79 Å². The minimum atomic E-state index is -0.376. The molecule has 1 fully saturated rings. The highest BCUT2D eigenvalue weighted by molar-refractivity contribution is 5.79. The summed E-state index contributed by atoms with van der Waals surface area (Å²) >= 11 is 0. The van der Waals surface area contributed by atoms with Gasteiger partial charge in [0.25, 0.3) is 0 Å². The molecule has 0 atom stereocenters. The van der Waals surface area contributed by atoms with Crippen LogP contribution in [0.5, 0.6) is 11.5 Å². The number of rotatable bonds is 4. The maximum absolute atomic E-state index is 12.4. The Morgan fingerprint density at radius 2 is 1.46 bits per heavy atom. The summed E-state index contributed by atoms with van der Waals surface area (Å²) < 4.78 is 10.5. The number of carbonyl (C=O) groups is 2. The van der Waals surface area contributed by atoms with Crippen LogP contribution in [-0.4, -0.2) is 55.1 Å². The van der Waals surface area contributed by atoms with E-state index in [1.807, 2.05) is 42.5 Å². The summed E-state index contributed by atoms with van der Waals surface area (Å²) in [6.45, 7) is 1.97. The number of hydrogen-bond donors (Lipinski definition) is 0. The highest BCUT2D eigenvalue weighted by atomic mass is 16.6. The number of methoxy groups -OCH3 is 1. The predicted molar refractivity (Wildman–Crippen MR) is 97.3 cm³/mol. The van der Waals surface area contributed by atoms with Crippen molar-refractivity contribution < 1.29 is 19.1 Å². The van der Waals surface area contributed by atoms with Crippen LogP contribution < -0.4 is 9.47 Å². The Morgan fingerprint density at radius 3 is 2.08 bits per heavy atom. The van der Waals surface area contributed by atoms with Gasteiger partial charge in [0.2, 0.25) is 5.91 Å². The molecule has 26 heavy (non-hydrogen) atoms. The van der Waals surface area contributed by atoms with E-state index in [1.54, 1.807) is 29.0 Å². The van der Waals surface area contributed by atoms with Crippen molar-refractivity contribution in [3.63, 3.8) is 0 Å². The van der Waals surface area contributed by atoms with E-state index in [1.165, 1.54) is 0 Å². The van der Waals surface area contributed by atoms with Crippen molar-refractivity contribution in [2.24, 2.45) is 0 Å².